The lowest BCUT2D eigenvalue weighted by Crippen LogP contribution is -2.46. The molecule has 0 saturated carbocycles. The van der Waals surface area contributed by atoms with Crippen molar-refractivity contribution in [3.05, 3.63) is 48.0 Å². The molecule has 3 aromatic rings. The Morgan fingerprint density at radius 3 is 2.43 bits per heavy atom. The van der Waals surface area contributed by atoms with Crippen LogP contribution in [0.15, 0.2) is 36.5 Å². The quantitative estimate of drug-likeness (QED) is 0.375. The average Bonchev–Trinajstić information content (AvgIpc) is 2.84. The van der Waals surface area contributed by atoms with E-state index in [0.717, 1.165) is 25.4 Å². The van der Waals surface area contributed by atoms with E-state index in [4.69, 9.17) is 9.47 Å². The number of methoxy groups -OCH3 is 1. The molecule has 1 saturated heterocycles. The molecule has 4 rings (SSSR count). The normalized spacial score (nSPS) is 17.9. The Balaban J connectivity index is 1.65. The number of hydrogen-bond acceptors (Lipinski definition) is 10. The Hall–Kier alpha value is -4.07. The Bertz CT molecular complexity index is 1270. The number of nitrogens with one attached hydrogen (secondary N) is 1. The number of nitrogens with zero attached hydrogens (tertiary/aromatic N) is 5. The van der Waals surface area contributed by atoms with E-state index in [1.807, 2.05) is 18.7 Å². The van der Waals surface area contributed by atoms with Crippen LogP contribution in [-0.4, -0.2) is 64.9 Å². The number of rotatable bonds is 6. The molecular formula is C23H22F4N6O4. The summed E-state index contributed by atoms with van der Waals surface area (Å²) in [5.74, 6) is -1.91. The fraction of sp³-hybridized carbons (Fsp3) is 0.348. The molecule has 1 fully saturated rings. The van der Waals surface area contributed by atoms with Crippen LogP contribution in [0.3, 0.4) is 0 Å². The van der Waals surface area contributed by atoms with Crippen molar-refractivity contribution in [3.8, 4) is 16.9 Å². The first-order valence-corrected chi connectivity index (χ1v) is 11.0. The van der Waals surface area contributed by atoms with Crippen molar-refractivity contribution in [1.82, 2.24) is 20.2 Å². The van der Waals surface area contributed by atoms with Crippen LogP contribution in [0.4, 0.5) is 35.1 Å². The highest BCUT2D eigenvalue weighted by Crippen LogP contribution is 2.30. The van der Waals surface area contributed by atoms with Crippen LogP contribution in [0.2, 0.25) is 0 Å². The minimum absolute atomic E-state index is 0.0190. The van der Waals surface area contributed by atoms with Crippen molar-refractivity contribution in [2.45, 2.75) is 32.4 Å². The molecule has 37 heavy (non-hydrogen) atoms. The van der Waals surface area contributed by atoms with Gasteiger partial charge in [0.1, 0.15) is 5.75 Å². The van der Waals surface area contributed by atoms with Crippen LogP contribution in [0, 0.1) is 5.82 Å². The van der Waals surface area contributed by atoms with Gasteiger partial charge in [0.05, 0.1) is 25.5 Å². The van der Waals surface area contributed by atoms with Crippen LogP contribution < -0.4 is 15.0 Å². The van der Waals surface area contributed by atoms with Gasteiger partial charge in [0.15, 0.2) is 23.1 Å². The van der Waals surface area contributed by atoms with Gasteiger partial charge in [0.2, 0.25) is 5.95 Å². The van der Waals surface area contributed by atoms with Gasteiger partial charge in [-0.3, -0.25) is 0 Å². The lowest BCUT2D eigenvalue weighted by molar-refractivity contribution is -0.274. The van der Waals surface area contributed by atoms with Crippen LogP contribution in [-0.2, 0) is 9.47 Å². The van der Waals surface area contributed by atoms with Gasteiger partial charge in [-0.05, 0) is 37.6 Å². The highest BCUT2D eigenvalue weighted by Gasteiger charge is 2.31. The second-order valence-electron chi connectivity index (χ2n) is 8.21. The summed E-state index contributed by atoms with van der Waals surface area (Å²) >= 11 is 0. The molecule has 1 N–H and O–H groups in total. The first-order chi connectivity index (χ1) is 17.5. The topological polar surface area (TPSA) is 112 Å². The van der Waals surface area contributed by atoms with Crippen molar-refractivity contribution in [2.24, 2.45) is 0 Å². The van der Waals surface area contributed by atoms with E-state index in [1.54, 1.807) is 0 Å². The molecule has 0 bridgehead atoms. The molecule has 2 atom stereocenters. The molecule has 0 aliphatic carbocycles. The molecule has 196 valence electrons. The Morgan fingerprint density at radius 1 is 1.14 bits per heavy atom. The van der Waals surface area contributed by atoms with Crippen molar-refractivity contribution in [2.75, 3.05) is 30.4 Å². The maximum absolute atomic E-state index is 14.6. The van der Waals surface area contributed by atoms with Gasteiger partial charge in [0, 0.05) is 18.7 Å². The number of anilines is 3. The first kappa shape index (κ1) is 26.0. The summed E-state index contributed by atoms with van der Waals surface area (Å²) in [4.78, 5) is 22.5. The minimum atomic E-state index is -4.86. The molecule has 0 radical (unpaired) electrons. The number of hydrogen-bond donors (Lipinski definition) is 1. The standard InChI is InChI=1S/C23H22F4N6O4/c1-12-10-33(11-13(2)36-12)22-28-9-17(24)20(30-22)29-18-8-16(19(32-31-18)21(34)35-3)14-4-6-15(7-5-14)37-23(25,26)27/h4-9,12-13H,10-11H2,1-3H3,(H,28,29,30,31)/t12-,13+. The molecule has 3 heterocycles. The van der Waals surface area contributed by atoms with Crippen LogP contribution in [0.1, 0.15) is 24.3 Å². The molecule has 2 aromatic heterocycles. The number of halogens is 4. The van der Waals surface area contributed by atoms with E-state index in [1.165, 1.54) is 18.2 Å². The summed E-state index contributed by atoms with van der Waals surface area (Å²) in [6.07, 6.45) is -3.97. The number of ether oxygens (including phenoxy) is 3. The third-order valence-electron chi connectivity index (χ3n) is 5.25. The zero-order chi connectivity index (χ0) is 26.7. The second kappa shape index (κ2) is 10.5. The predicted octanol–water partition coefficient (Wildman–Crippen LogP) is 4.12. The third-order valence-corrected chi connectivity index (χ3v) is 5.25. The molecular weight excluding hydrogens is 500 g/mol. The number of benzene rings is 1. The van der Waals surface area contributed by atoms with Crippen LogP contribution >= 0.6 is 0 Å². The zero-order valence-corrected chi connectivity index (χ0v) is 19.9. The molecule has 0 amide bonds. The maximum Gasteiger partial charge on any atom is 0.573 e. The van der Waals surface area contributed by atoms with Crippen LogP contribution in [0.25, 0.3) is 11.1 Å². The van der Waals surface area contributed by atoms with E-state index < -0.39 is 23.9 Å². The first-order valence-electron chi connectivity index (χ1n) is 11.0. The van der Waals surface area contributed by atoms with Gasteiger partial charge in [0.25, 0.3) is 0 Å². The second-order valence-corrected chi connectivity index (χ2v) is 8.21. The summed E-state index contributed by atoms with van der Waals surface area (Å²) in [6, 6.07) is 6.14. The summed E-state index contributed by atoms with van der Waals surface area (Å²) in [5, 5.41) is 10.5. The Labute approximate surface area is 208 Å². The monoisotopic (exact) mass is 522 g/mol. The lowest BCUT2D eigenvalue weighted by Gasteiger charge is -2.35. The van der Waals surface area contributed by atoms with E-state index in [0.29, 0.717) is 18.7 Å². The van der Waals surface area contributed by atoms with Crippen molar-refractivity contribution in [1.29, 1.82) is 0 Å². The number of alkyl halides is 3. The smallest absolute Gasteiger partial charge is 0.464 e. The highest BCUT2D eigenvalue weighted by atomic mass is 19.4. The van der Waals surface area contributed by atoms with E-state index in [9.17, 15) is 22.4 Å². The third kappa shape index (κ3) is 6.39. The largest absolute Gasteiger partial charge is 0.573 e. The van der Waals surface area contributed by atoms with Gasteiger partial charge in [-0.15, -0.1) is 23.4 Å². The molecule has 10 nitrogen and oxygen atoms in total. The van der Waals surface area contributed by atoms with Crippen molar-refractivity contribution >= 4 is 23.6 Å². The molecule has 14 heteroatoms. The van der Waals surface area contributed by atoms with Crippen LogP contribution in [0.5, 0.6) is 5.75 Å². The Morgan fingerprint density at radius 2 is 1.81 bits per heavy atom. The zero-order valence-electron chi connectivity index (χ0n) is 19.9. The lowest BCUT2D eigenvalue weighted by atomic mass is 10.0. The maximum atomic E-state index is 14.6. The van der Waals surface area contributed by atoms with E-state index in [-0.39, 0.29) is 41.0 Å². The molecule has 0 spiro atoms. The number of esters is 1. The summed E-state index contributed by atoms with van der Waals surface area (Å²) in [5.41, 5.74) is 0.291. The number of carbonyl (C=O) groups excluding carboxylic acids is 1. The van der Waals surface area contributed by atoms with Gasteiger partial charge in [-0.25, -0.2) is 14.2 Å². The van der Waals surface area contributed by atoms with Gasteiger partial charge in [-0.2, -0.15) is 4.98 Å². The van der Waals surface area contributed by atoms with Crippen molar-refractivity contribution in [3.63, 3.8) is 0 Å². The van der Waals surface area contributed by atoms with E-state index >= 15 is 0 Å². The highest BCUT2D eigenvalue weighted by molar-refractivity contribution is 5.95. The van der Waals surface area contributed by atoms with Crippen molar-refractivity contribution < 1.29 is 36.6 Å². The number of aromatic nitrogens is 4. The van der Waals surface area contributed by atoms with Gasteiger partial charge in [-0.1, -0.05) is 12.1 Å². The summed E-state index contributed by atoms with van der Waals surface area (Å²) < 4.78 is 66.4. The Kier molecular flexibility index (Phi) is 7.38. The number of carbonyl (C=O) groups is 1. The SMILES string of the molecule is COC(=O)c1nnc(Nc2nc(N3C[C@@H](C)O[C@@H](C)C3)ncc2F)cc1-c1ccc(OC(F)(F)F)cc1. The molecule has 1 aliphatic rings. The number of morpholine rings is 1. The summed E-state index contributed by atoms with van der Waals surface area (Å²) in [7, 11) is 1.14. The molecule has 1 aromatic carbocycles. The summed E-state index contributed by atoms with van der Waals surface area (Å²) in [6.45, 7) is 4.85. The average molecular weight is 522 g/mol. The predicted molar refractivity (Wildman–Crippen MR) is 123 cm³/mol. The minimum Gasteiger partial charge on any atom is -0.464 e. The molecule has 0 unspecified atom stereocenters. The van der Waals surface area contributed by atoms with Gasteiger partial charge < -0.3 is 24.4 Å². The fourth-order valence-electron chi connectivity index (χ4n) is 3.82. The van der Waals surface area contributed by atoms with E-state index in [2.05, 4.69) is 30.2 Å². The van der Waals surface area contributed by atoms with Gasteiger partial charge >= 0.3 is 12.3 Å². The fourth-order valence-corrected chi connectivity index (χ4v) is 3.82. The molecule has 1 aliphatic heterocycles.